The Balaban J connectivity index is 3.28. The van der Waals surface area contributed by atoms with Crippen LogP contribution >= 0.6 is 31.9 Å². The van der Waals surface area contributed by atoms with Gasteiger partial charge in [0.1, 0.15) is 5.84 Å². The smallest absolute Gasteiger partial charge is 0.306 e. The molecule has 8 heteroatoms. The van der Waals surface area contributed by atoms with Crippen molar-refractivity contribution in [3.8, 4) is 5.75 Å². The summed E-state index contributed by atoms with van der Waals surface area (Å²) in [6.45, 7) is 0. The minimum Gasteiger partial charge on any atom is -0.384 e. The maximum atomic E-state index is 11.0. The number of amidine groups is 1. The van der Waals surface area contributed by atoms with E-state index in [4.69, 9.17) is 15.3 Å². The van der Waals surface area contributed by atoms with Crippen molar-refractivity contribution in [2.24, 2.45) is 5.73 Å². The lowest BCUT2D eigenvalue weighted by Gasteiger charge is -2.09. The van der Waals surface area contributed by atoms with Gasteiger partial charge >= 0.3 is 10.1 Å². The van der Waals surface area contributed by atoms with Crippen LogP contribution in [0.15, 0.2) is 21.1 Å². The highest BCUT2D eigenvalue weighted by atomic mass is 79.9. The zero-order valence-electron chi connectivity index (χ0n) is 8.12. The molecule has 1 rings (SSSR count). The molecule has 5 nitrogen and oxygen atoms in total. The van der Waals surface area contributed by atoms with Gasteiger partial charge in [0.15, 0.2) is 5.75 Å². The number of nitrogens with one attached hydrogen (secondary N) is 1. The van der Waals surface area contributed by atoms with E-state index in [1.165, 1.54) is 12.1 Å². The Labute approximate surface area is 110 Å². The van der Waals surface area contributed by atoms with Gasteiger partial charge in [-0.25, -0.2) is 0 Å². The van der Waals surface area contributed by atoms with Gasteiger partial charge in [0.05, 0.1) is 15.2 Å². The minimum absolute atomic E-state index is 0.118. The lowest BCUT2D eigenvalue weighted by atomic mass is 10.2. The van der Waals surface area contributed by atoms with E-state index in [0.717, 1.165) is 6.26 Å². The SMILES string of the molecule is CS(=O)(=O)Oc1c(Br)cc(C(=N)N)cc1Br. The molecule has 0 unspecified atom stereocenters. The van der Waals surface area contributed by atoms with E-state index in [9.17, 15) is 8.42 Å². The highest BCUT2D eigenvalue weighted by Gasteiger charge is 2.14. The summed E-state index contributed by atoms with van der Waals surface area (Å²) in [6, 6.07) is 3.02. The van der Waals surface area contributed by atoms with E-state index < -0.39 is 10.1 Å². The Morgan fingerprint density at radius 2 is 1.81 bits per heavy atom. The first kappa shape index (κ1) is 13.5. The number of rotatable bonds is 3. The summed E-state index contributed by atoms with van der Waals surface area (Å²) in [5, 5.41) is 7.26. The van der Waals surface area contributed by atoms with Gasteiger partial charge in [0, 0.05) is 5.56 Å². The summed E-state index contributed by atoms with van der Waals surface area (Å²) >= 11 is 6.29. The Hall–Kier alpha value is -0.600. The Kier molecular flexibility index (Phi) is 3.97. The van der Waals surface area contributed by atoms with Crippen LogP contribution in [0.3, 0.4) is 0 Å². The number of hydrogen-bond donors (Lipinski definition) is 2. The fraction of sp³-hybridized carbons (Fsp3) is 0.125. The minimum atomic E-state index is -3.60. The molecule has 0 aliphatic heterocycles. The van der Waals surface area contributed by atoms with Crippen molar-refractivity contribution >= 4 is 47.8 Å². The van der Waals surface area contributed by atoms with E-state index in [-0.39, 0.29) is 11.6 Å². The van der Waals surface area contributed by atoms with Gasteiger partial charge in [0.2, 0.25) is 0 Å². The molecule has 0 radical (unpaired) electrons. The topological polar surface area (TPSA) is 93.2 Å². The van der Waals surface area contributed by atoms with Gasteiger partial charge < -0.3 is 9.92 Å². The predicted octanol–water partition coefficient (Wildman–Crippen LogP) is 1.83. The molecule has 88 valence electrons. The largest absolute Gasteiger partial charge is 0.384 e. The molecule has 1 aromatic rings. The molecule has 0 aromatic heterocycles. The van der Waals surface area contributed by atoms with Gasteiger partial charge in [-0.1, -0.05) is 0 Å². The van der Waals surface area contributed by atoms with Gasteiger partial charge in [-0.15, -0.1) is 0 Å². The quantitative estimate of drug-likeness (QED) is 0.481. The van der Waals surface area contributed by atoms with Gasteiger partial charge in [-0.3, -0.25) is 5.41 Å². The van der Waals surface area contributed by atoms with Crippen LogP contribution < -0.4 is 9.92 Å². The standard InChI is InChI=1S/C8H8Br2N2O3S/c1-16(13,14)15-7-5(9)2-4(8(11)12)3-6(7)10/h2-3H,1H3,(H3,11,12). The summed E-state index contributed by atoms with van der Waals surface area (Å²) in [5.74, 6) is 0.0137. The summed E-state index contributed by atoms with van der Waals surface area (Å²) in [6.07, 6.45) is 0.949. The summed E-state index contributed by atoms with van der Waals surface area (Å²) in [4.78, 5) is 0. The van der Waals surface area contributed by atoms with Crippen LogP contribution in [0.1, 0.15) is 5.56 Å². The fourth-order valence-electron chi connectivity index (χ4n) is 0.946. The van der Waals surface area contributed by atoms with Crippen LogP contribution in [0, 0.1) is 5.41 Å². The Morgan fingerprint density at radius 3 is 2.12 bits per heavy atom. The van der Waals surface area contributed by atoms with Crippen molar-refractivity contribution in [3.63, 3.8) is 0 Å². The van der Waals surface area contributed by atoms with Crippen LogP contribution in [0.2, 0.25) is 0 Å². The molecular formula is C8H8Br2N2O3S. The molecule has 1 aromatic carbocycles. The lowest BCUT2D eigenvalue weighted by Crippen LogP contribution is -2.12. The molecule has 0 aliphatic carbocycles. The fourth-order valence-corrected chi connectivity index (χ4v) is 2.99. The van der Waals surface area contributed by atoms with Gasteiger partial charge in [0.25, 0.3) is 0 Å². The summed E-state index contributed by atoms with van der Waals surface area (Å²) in [7, 11) is -3.60. The van der Waals surface area contributed by atoms with E-state index in [1.807, 2.05) is 0 Å². The number of nitrogens with two attached hydrogens (primary N) is 1. The molecule has 0 saturated carbocycles. The number of halogens is 2. The van der Waals surface area contributed by atoms with Crippen molar-refractivity contribution in [2.75, 3.05) is 6.26 Å². The van der Waals surface area contributed by atoms with Crippen molar-refractivity contribution in [1.29, 1.82) is 5.41 Å². The van der Waals surface area contributed by atoms with Gasteiger partial charge in [-0.05, 0) is 44.0 Å². The molecule has 0 bridgehead atoms. The first-order valence-corrected chi connectivity index (χ1v) is 7.34. The average Bonchev–Trinajstić information content (AvgIpc) is 2.09. The predicted molar refractivity (Wildman–Crippen MR) is 68.3 cm³/mol. The molecule has 0 aliphatic rings. The first-order chi connectivity index (χ1) is 7.20. The van der Waals surface area contributed by atoms with E-state index >= 15 is 0 Å². The maximum absolute atomic E-state index is 11.0. The second kappa shape index (κ2) is 4.72. The molecule has 0 heterocycles. The second-order valence-electron chi connectivity index (χ2n) is 2.97. The van der Waals surface area contributed by atoms with Crippen molar-refractivity contribution in [1.82, 2.24) is 0 Å². The van der Waals surface area contributed by atoms with Crippen LogP contribution in [-0.2, 0) is 10.1 Å². The Morgan fingerprint density at radius 1 is 1.38 bits per heavy atom. The zero-order chi connectivity index (χ0) is 12.5. The zero-order valence-corrected chi connectivity index (χ0v) is 12.1. The number of benzene rings is 1. The molecule has 0 atom stereocenters. The third-order valence-electron chi connectivity index (χ3n) is 1.54. The highest BCUT2D eigenvalue weighted by Crippen LogP contribution is 2.35. The van der Waals surface area contributed by atoms with E-state index in [0.29, 0.717) is 14.5 Å². The first-order valence-electron chi connectivity index (χ1n) is 3.93. The number of nitrogen functional groups attached to an aromatic ring is 1. The van der Waals surface area contributed by atoms with Crippen LogP contribution in [0.5, 0.6) is 5.75 Å². The monoisotopic (exact) mass is 370 g/mol. The van der Waals surface area contributed by atoms with E-state index in [1.54, 1.807) is 0 Å². The summed E-state index contributed by atoms with van der Waals surface area (Å²) in [5.41, 5.74) is 5.77. The molecular weight excluding hydrogens is 364 g/mol. The maximum Gasteiger partial charge on any atom is 0.306 e. The molecule has 16 heavy (non-hydrogen) atoms. The molecule has 0 amide bonds. The molecule has 0 fully saturated rings. The van der Waals surface area contributed by atoms with Crippen LogP contribution in [0.4, 0.5) is 0 Å². The molecule has 3 N–H and O–H groups in total. The Bertz CT molecular complexity index is 519. The second-order valence-corrected chi connectivity index (χ2v) is 6.25. The molecule has 0 spiro atoms. The third-order valence-corrected chi connectivity index (χ3v) is 3.19. The average molecular weight is 372 g/mol. The van der Waals surface area contributed by atoms with Gasteiger partial charge in [-0.2, -0.15) is 8.42 Å². The third kappa shape index (κ3) is 3.46. The van der Waals surface area contributed by atoms with E-state index in [2.05, 4.69) is 31.9 Å². The van der Waals surface area contributed by atoms with Crippen LogP contribution in [0.25, 0.3) is 0 Å². The normalized spacial score (nSPS) is 11.2. The lowest BCUT2D eigenvalue weighted by molar-refractivity contribution is 0.490. The summed E-state index contributed by atoms with van der Waals surface area (Å²) < 4.78 is 27.6. The van der Waals surface area contributed by atoms with Crippen molar-refractivity contribution in [2.45, 2.75) is 0 Å². The highest BCUT2D eigenvalue weighted by molar-refractivity contribution is 9.11. The molecule has 0 saturated heterocycles. The van der Waals surface area contributed by atoms with Crippen molar-refractivity contribution in [3.05, 3.63) is 26.6 Å². The van der Waals surface area contributed by atoms with Crippen molar-refractivity contribution < 1.29 is 12.6 Å². The van der Waals surface area contributed by atoms with Crippen LogP contribution in [-0.4, -0.2) is 20.5 Å². The number of hydrogen-bond acceptors (Lipinski definition) is 4.